The molecule has 5 rings (SSSR count). The summed E-state index contributed by atoms with van der Waals surface area (Å²) in [4.78, 5) is 25.1. The molecule has 0 bridgehead atoms. The van der Waals surface area contributed by atoms with Crippen molar-refractivity contribution in [2.75, 3.05) is 6.61 Å². The highest BCUT2D eigenvalue weighted by atomic mass is 16.5. The predicted molar refractivity (Wildman–Crippen MR) is 111 cm³/mol. The molecule has 0 aliphatic carbocycles. The normalized spacial score (nSPS) is 14.3. The molecule has 0 atom stereocenters. The Bertz CT molecular complexity index is 1290. The zero-order valence-corrected chi connectivity index (χ0v) is 16.3. The number of hydrogen-bond donors (Lipinski definition) is 0. The molecular weight excluding hydrogens is 380 g/mol. The van der Waals surface area contributed by atoms with Crippen LogP contribution in [0.5, 0.6) is 17.2 Å². The second kappa shape index (κ2) is 7.19. The molecule has 0 aromatic heterocycles. The van der Waals surface area contributed by atoms with Crippen LogP contribution in [0.25, 0.3) is 11.1 Å². The zero-order valence-electron chi connectivity index (χ0n) is 16.3. The molecule has 0 radical (unpaired) electrons. The summed E-state index contributed by atoms with van der Waals surface area (Å²) in [5, 5.41) is 1.24. The van der Waals surface area contributed by atoms with Crippen LogP contribution in [0.4, 0.5) is 0 Å². The average Bonchev–Trinajstić information content (AvgIpc) is 3.25. The molecule has 3 aromatic carbocycles. The first-order valence-corrected chi connectivity index (χ1v) is 9.81. The molecule has 2 aliphatic heterocycles. The van der Waals surface area contributed by atoms with Gasteiger partial charge in [-0.2, -0.15) is 0 Å². The molecule has 0 fully saturated rings. The molecule has 0 spiro atoms. The lowest BCUT2D eigenvalue weighted by Gasteiger charge is -2.05. The lowest BCUT2D eigenvalue weighted by molar-refractivity contribution is -0.128. The number of fused-ring (bicyclic) bond motifs is 2. The lowest BCUT2D eigenvalue weighted by atomic mass is 10.0. The molecule has 0 N–H and O–H groups in total. The molecule has 3 aromatic rings. The van der Waals surface area contributed by atoms with E-state index in [2.05, 4.69) is 0 Å². The van der Waals surface area contributed by atoms with E-state index in [1.165, 1.54) is 0 Å². The van der Waals surface area contributed by atoms with E-state index in [4.69, 9.17) is 14.2 Å². The summed E-state index contributed by atoms with van der Waals surface area (Å²) in [6.07, 6.45) is 0.921. The third-order valence-corrected chi connectivity index (χ3v) is 5.11. The van der Waals surface area contributed by atoms with Gasteiger partial charge in [-0.15, -0.1) is 0 Å². The SMILES string of the molecule is CCCOc1ccc(C2=c3cc4c(cc3OC2=O)=C(c2ccccc2)C(=O)O4)cc1. The predicted octanol–water partition coefficient (Wildman–Crippen LogP) is 2.71. The Morgan fingerprint density at radius 3 is 1.80 bits per heavy atom. The van der Waals surface area contributed by atoms with Gasteiger partial charge in [-0.05, 0) is 41.8 Å². The summed E-state index contributed by atoms with van der Waals surface area (Å²) in [5.41, 5.74) is 2.39. The van der Waals surface area contributed by atoms with Gasteiger partial charge in [-0.1, -0.05) is 49.4 Å². The molecule has 30 heavy (non-hydrogen) atoms. The molecule has 148 valence electrons. The minimum atomic E-state index is -0.427. The first-order chi connectivity index (χ1) is 14.7. The van der Waals surface area contributed by atoms with E-state index in [0.29, 0.717) is 39.7 Å². The Labute approximate surface area is 172 Å². The van der Waals surface area contributed by atoms with Crippen molar-refractivity contribution in [1.29, 1.82) is 0 Å². The zero-order chi connectivity index (χ0) is 20.7. The van der Waals surface area contributed by atoms with Crippen LogP contribution < -0.4 is 24.6 Å². The smallest absolute Gasteiger partial charge is 0.344 e. The fourth-order valence-corrected chi connectivity index (χ4v) is 3.73. The average molecular weight is 398 g/mol. The minimum absolute atomic E-state index is 0.412. The Morgan fingerprint density at radius 2 is 1.27 bits per heavy atom. The highest BCUT2D eigenvalue weighted by molar-refractivity contribution is 6.21. The molecule has 5 heteroatoms. The molecule has 2 heterocycles. The first kappa shape index (κ1) is 18.2. The van der Waals surface area contributed by atoms with E-state index in [-0.39, 0.29) is 0 Å². The number of hydrogen-bond acceptors (Lipinski definition) is 5. The Balaban J connectivity index is 1.65. The third kappa shape index (κ3) is 2.95. The maximum Gasteiger partial charge on any atom is 0.344 e. The Morgan fingerprint density at radius 1 is 0.733 bits per heavy atom. The van der Waals surface area contributed by atoms with Gasteiger partial charge in [0.15, 0.2) is 0 Å². The van der Waals surface area contributed by atoms with Gasteiger partial charge in [-0.25, -0.2) is 9.59 Å². The minimum Gasteiger partial charge on any atom is -0.494 e. The van der Waals surface area contributed by atoms with Gasteiger partial charge in [-0.3, -0.25) is 0 Å². The topological polar surface area (TPSA) is 61.8 Å². The van der Waals surface area contributed by atoms with Gasteiger partial charge in [0.25, 0.3) is 0 Å². The van der Waals surface area contributed by atoms with Crippen LogP contribution in [-0.4, -0.2) is 18.5 Å². The molecule has 0 unspecified atom stereocenters. The van der Waals surface area contributed by atoms with Crippen molar-refractivity contribution in [3.63, 3.8) is 0 Å². The number of carbonyl (C=O) groups excluding carboxylic acids is 2. The monoisotopic (exact) mass is 398 g/mol. The van der Waals surface area contributed by atoms with Crippen molar-refractivity contribution in [3.05, 3.63) is 88.3 Å². The highest BCUT2D eigenvalue weighted by Crippen LogP contribution is 2.27. The van der Waals surface area contributed by atoms with Crippen molar-refractivity contribution < 1.29 is 23.8 Å². The Kier molecular flexibility index (Phi) is 4.36. The second-order valence-corrected chi connectivity index (χ2v) is 7.11. The lowest BCUT2D eigenvalue weighted by Crippen LogP contribution is -2.11. The van der Waals surface area contributed by atoms with Crippen LogP contribution in [0, 0.1) is 0 Å². The number of rotatable bonds is 5. The summed E-state index contributed by atoms with van der Waals surface area (Å²) in [7, 11) is 0. The number of carbonyl (C=O) groups is 2. The third-order valence-electron chi connectivity index (χ3n) is 5.11. The summed E-state index contributed by atoms with van der Waals surface area (Å²) in [6.45, 7) is 2.68. The molecule has 5 nitrogen and oxygen atoms in total. The van der Waals surface area contributed by atoms with E-state index in [1.807, 2.05) is 61.5 Å². The van der Waals surface area contributed by atoms with Gasteiger partial charge in [0.1, 0.15) is 17.2 Å². The molecule has 0 saturated carbocycles. The van der Waals surface area contributed by atoms with E-state index in [9.17, 15) is 9.59 Å². The van der Waals surface area contributed by atoms with Crippen LogP contribution >= 0.6 is 0 Å². The summed E-state index contributed by atoms with van der Waals surface area (Å²) in [5.74, 6) is 0.759. The number of benzene rings is 3. The standard InChI is InChI=1S/C25H18O5/c1-2-12-28-17-10-8-16(9-11-17)23-19-14-20-18(13-21(19)30-25(23)27)22(24(26)29-20)15-6-4-3-5-7-15/h3-11,13-14H,2,12H2,1H3. The fraction of sp³-hybridized carbons (Fsp3) is 0.120. The van der Waals surface area contributed by atoms with Gasteiger partial charge in [0, 0.05) is 10.4 Å². The maximum absolute atomic E-state index is 12.6. The van der Waals surface area contributed by atoms with Crippen molar-refractivity contribution in [3.8, 4) is 17.2 Å². The van der Waals surface area contributed by atoms with Gasteiger partial charge < -0.3 is 14.2 Å². The van der Waals surface area contributed by atoms with E-state index in [0.717, 1.165) is 23.3 Å². The highest BCUT2D eigenvalue weighted by Gasteiger charge is 2.30. The largest absolute Gasteiger partial charge is 0.494 e. The van der Waals surface area contributed by atoms with Crippen LogP contribution in [-0.2, 0) is 9.59 Å². The first-order valence-electron chi connectivity index (χ1n) is 9.81. The van der Waals surface area contributed by atoms with E-state index >= 15 is 0 Å². The van der Waals surface area contributed by atoms with Crippen LogP contribution in [0.15, 0.2) is 66.7 Å². The number of esters is 2. The summed E-state index contributed by atoms with van der Waals surface area (Å²) < 4.78 is 16.6. The van der Waals surface area contributed by atoms with Crippen molar-refractivity contribution in [2.24, 2.45) is 0 Å². The van der Waals surface area contributed by atoms with E-state index < -0.39 is 11.9 Å². The molecule has 2 aliphatic rings. The second-order valence-electron chi connectivity index (χ2n) is 7.11. The van der Waals surface area contributed by atoms with Gasteiger partial charge in [0.05, 0.1) is 17.8 Å². The molecule has 0 amide bonds. The van der Waals surface area contributed by atoms with Crippen LogP contribution in [0.3, 0.4) is 0 Å². The van der Waals surface area contributed by atoms with Crippen LogP contribution in [0.2, 0.25) is 0 Å². The van der Waals surface area contributed by atoms with Crippen molar-refractivity contribution >= 4 is 23.1 Å². The molecule has 0 saturated heterocycles. The quantitative estimate of drug-likeness (QED) is 0.489. The Hall–Kier alpha value is -3.86. The summed E-state index contributed by atoms with van der Waals surface area (Å²) >= 11 is 0. The summed E-state index contributed by atoms with van der Waals surface area (Å²) in [6, 6.07) is 20.1. The maximum atomic E-state index is 12.6. The number of ether oxygens (including phenoxy) is 3. The van der Waals surface area contributed by atoms with Crippen molar-refractivity contribution in [2.45, 2.75) is 13.3 Å². The van der Waals surface area contributed by atoms with Gasteiger partial charge in [0.2, 0.25) is 0 Å². The van der Waals surface area contributed by atoms with E-state index in [1.54, 1.807) is 12.1 Å². The van der Waals surface area contributed by atoms with Gasteiger partial charge >= 0.3 is 11.9 Å². The fourth-order valence-electron chi connectivity index (χ4n) is 3.73. The van der Waals surface area contributed by atoms with Crippen LogP contribution in [0.1, 0.15) is 24.5 Å². The van der Waals surface area contributed by atoms with Crippen molar-refractivity contribution in [1.82, 2.24) is 0 Å². The molecular formula is C25H18O5.